The molecular weight excluding hydrogens is 318 g/mol. The summed E-state index contributed by atoms with van der Waals surface area (Å²) in [5.41, 5.74) is 0.562. The third-order valence-corrected chi connectivity index (χ3v) is 3.30. The Labute approximate surface area is 136 Å². The van der Waals surface area contributed by atoms with Crippen LogP contribution in [0.15, 0.2) is 42.5 Å². The molecule has 2 rings (SSSR count). The maximum Gasteiger partial charge on any atom is 0.326 e. The molecule has 0 aliphatic carbocycles. The smallest absolute Gasteiger partial charge is 0.326 e. The number of halogens is 2. The highest BCUT2D eigenvalue weighted by molar-refractivity contribution is 5.96. The molecule has 0 aromatic heterocycles. The van der Waals surface area contributed by atoms with Crippen molar-refractivity contribution in [1.82, 2.24) is 5.32 Å². The van der Waals surface area contributed by atoms with Gasteiger partial charge in [-0.05, 0) is 29.8 Å². The largest absolute Gasteiger partial charge is 0.480 e. The summed E-state index contributed by atoms with van der Waals surface area (Å²) in [6.07, 6.45) is -0.0460. The third-order valence-electron chi connectivity index (χ3n) is 3.30. The zero-order valence-electron chi connectivity index (χ0n) is 12.3. The van der Waals surface area contributed by atoms with Gasteiger partial charge in [-0.25, -0.2) is 13.6 Å². The van der Waals surface area contributed by atoms with Crippen LogP contribution in [0.4, 0.5) is 8.78 Å². The molecule has 0 fully saturated rings. The first-order valence-electron chi connectivity index (χ1n) is 6.88. The normalized spacial score (nSPS) is 11.4. The van der Waals surface area contributed by atoms with Crippen molar-refractivity contribution in [3.05, 3.63) is 70.8 Å². The lowest BCUT2D eigenvalue weighted by Gasteiger charge is -2.15. The molecule has 5 nitrogen and oxygen atoms in total. The number of nitrogens with zero attached hydrogens (tertiary/aromatic N) is 1. The summed E-state index contributed by atoms with van der Waals surface area (Å²) in [6.45, 7) is 0. The van der Waals surface area contributed by atoms with Crippen molar-refractivity contribution in [2.24, 2.45) is 0 Å². The molecule has 0 aliphatic heterocycles. The second-order valence-corrected chi connectivity index (χ2v) is 5.00. The fourth-order valence-electron chi connectivity index (χ4n) is 2.06. The van der Waals surface area contributed by atoms with Crippen LogP contribution >= 0.6 is 0 Å². The summed E-state index contributed by atoms with van der Waals surface area (Å²) in [4.78, 5) is 23.3. The summed E-state index contributed by atoms with van der Waals surface area (Å²) in [5.74, 6) is -4.16. The standard InChI is InChI=1S/C17H12F2N2O3/c18-12-5-6-13(14(19)8-12)16(22)21-15(17(23)24)7-10-1-3-11(9-20)4-2-10/h1-6,8,15H,7H2,(H,21,22)(H,23,24)/t15-/m0/s1. The van der Waals surface area contributed by atoms with E-state index in [0.29, 0.717) is 17.2 Å². The molecule has 0 bridgehead atoms. The Morgan fingerprint density at radius 2 is 1.83 bits per heavy atom. The second-order valence-electron chi connectivity index (χ2n) is 5.00. The molecule has 1 atom stereocenters. The Kier molecular flexibility index (Phi) is 5.22. The fourth-order valence-corrected chi connectivity index (χ4v) is 2.06. The Morgan fingerprint density at radius 3 is 2.38 bits per heavy atom. The van der Waals surface area contributed by atoms with Gasteiger partial charge < -0.3 is 10.4 Å². The van der Waals surface area contributed by atoms with Gasteiger partial charge in [0.15, 0.2) is 0 Å². The van der Waals surface area contributed by atoms with Gasteiger partial charge in [0, 0.05) is 12.5 Å². The summed E-state index contributed by atoms with van der Waals surface area (Å²) in [5, 5.41) is 20.2. The molecule has 0 saturated carbocycles. The van der Waals surface area contributed by atoms with Crippen molar-refractivity contribution in [3.8, 4) is 6.07 Å². The van der Waals surface area contributed by atoms with Crippen molar-refractivity contribution in [2.45, 2.75) is 12.5 Å². The first kappa shape index (κ1) is 17.1. The Morgan fingerprint density at radius 1 is 1.17 bits per heavy atom. The van der Waals surface area contributed by atoms with Gasteiger partial charge in [0.05, 0.1) is 17.2 Å². The van der Waals surface area contributed by atoms with Crippen molar-refractivity contribution in [2.75, 3.05) is 0 Å². The first-order chi connectivity index (χ1) is 11.4. The van der Waals surface area contributed by atoms with E-state index < -0.39 is 35.1 Å². The van der Waals surface area contributed by atoms with Crippen LogP contribution in [-0.4, -0.2) is 23.0 Å². The van der Waals surface area contributed by atoms with Crippen molar-refractivity contribution in [3.63, 3.8) is 0 Å². The second kappa shape index (κ2) is 7.33. The molecule has 0 spiro atoms. The lowest BCUT2D eigenvalue weighted by atomic mass is 10.0. The number of carbonyl (C=O) groups excluding carboxylic acids is 1. The number of nitrogens with one attached hydrogen (secondary N) is 1. The molecule has 1 amide bonds. The van der Waals surface area contributed by atoms with Crippen LogP contribution < -0.4 is 5.32 Å². The van der Waals surface area contributed by atoms with Crippen LogP contribution in [-0.2, 0) is 11.2 Å². The minimum atomic E-state index is -1.30. The van der Waals surface area contributed by atoms with E-state index in [1.807, 2.05) is 6.07 Å². The highest BCUT2D eigenvalue weighted by atomic mass is 19.1. The van der Waals surface area contributed by atoms with Crippen LogP contribution in [0.5, 0.6) is 0 Å². The summed E-state index contributed by atoms with van der Waals surface area (Å²) >= 11 is 0. The lowest BCUT2D eigenvalue weighted by molar-refractivity contribution is -0.139. The molecule has 24 heavy (non-hydrogen) atoms. The van der Waals surface area contributed by atoms with E-state index in [1.165, 1.54) is 12.1 Å². The molecule has 0 aliphatic rings. The maximum atomic E-state index is 13.6. The predicted molar refractivity (Wildman–Crippen MR) is 80.1 cm³/mol. The average molecular weight is 330 g/mol. The molecule has 2 aromatic carbocycles. The zero-order chi connectivity index (χ0) is 17.7. The van der Waals surface area contributed by atoms with E-state index in [0.717, 1.165) is 12.1 Å². The van der Waals surface area contributed by atoms with E-state index in [-0.39, 0.29) is 6.42 Å². The van der Waals surface area contributed by atoms with Crippen LogP contribution in [0.2, 0.25) is 0 Å². The van der Waals surface area contributed by atoms with Gasteiger partial charge in [0.25, 0.3) is 5.91 Å². The lowest BCUT2D eigenvalue weighted by Crippen LogP contribution is -2.42. The SMILES string of the molecule is N#Cc1ccc(C[C@H](NC(=O)c2ccc(F)cc2F)C(=O)O)cc1. The minimum absolute atomic E-state index is 0.0460. The molecule has 2 aromatic rings. The van der Waals surface area contributed by atoms with E-state index in [9.17, 15) is 23.5 Å². The summed E-state index contributed by atoms with van der Waals surface area (Å²) in [6, 6.07) is 9.23. The molecule has 0 saturated heterocycles. The molecule has 0 heterocycles. The average Bonchev–Trinajstić information content (AvgIpc) is 2.54. The summed E-state index contributed by atoms with van der Waals surface area (Å²) < 4.78 is 26.4. The topological polar surface area (TPSA) is 90.2 Å². The molecular formula is C17H12F2N2O3. The number of hydrogen-bond donors (Lipinski definition) is 2. The van der Waals surface area contributed by atoms with Crippen LogP contribution in [0.1, 0.15) is 21.5 Å². The number of carboxylic acids is 1. The number of nitriles is 1. The van der Waals surface area contributed by atoms with E-state index in [1.54, 1.807) is 12.1 Å². The number of aliphatic carboxylic acids is 1. The quantitative estimate of drug-likeness (QED) is 0.880. The van der Waals surface area contributed by atoms with Crippen LogP contribution in [0.25, 0.3) is 0 Å². The molecule has 2 N–H and O–H groups in total. The minimum Gasteiger partial charge on any atom is -0.480 e. The number of amides is 1. The number of rotatable bonds is 5. The van der Waals surface area contributed by atoms with Gasteiger partial charge in [-0.3, -0.25) is 4.79 Å². The fraction of sp³-hybridized carbons (Fsp3) is 0.118. The van der Waals surface area contributed by atoms with Crippen LogP contribution in [0.3, 0.4) is 0 Å². The van der Waals surface area contributed by atoms with Crippen LogP contribution in [0, 0.1) is 23.0 Å². The van der Waals surface area contributed by atoms with E-state index in [2.05, 4.69) is 5.32 Å². The van der Waals surface area contributed by atoms with E-state index >= 15 is 0 Å². The van der Waals surface area contributed by atoms with Gasteiger partial charge in [0.2, 0.25) is 0 Å². The number of hydrogen-bond acceptors (Lipinski definition) is 3. The Bertz CT molecular complexity index is 814. The van der Waals surface area contributed by atoms with Crippen molar-refractivity contribution >= 4 is 11.9 Å². The first-order valence-corrected chi connectivity index (χ1v) is 6.88. The highest BCUT2D eigenvalue weighted by Gasteiger charge is 2.22. The third kappa shape index (κ3) is 4.14. The van der Waals surface area contributed by atoms with Gasteiger partial charge in [-0.1, -0.05) is 12.1 Å². The summed E-state index contributed by atoms with van der Waals surface area (Å²) in [7, 11) is 0. The van der Waals surface area contributed by atoms with Gasteiger partial charge in [0.1, 0.15) is 17.7 Å². The van der Waals surface area contributed by atoms with Crippen molar-refractivity contribution < 1.29 is 23.5 Å². The number of benzene rings is 2. The van der Waals surface area contributed by atoms with Gasteiger partial charge in [-0.2, -0.15) is 5.26 Å². The maximum absolute atomic E-state index is 13.6. The van der Waals surface area contributed by atoms with Gasteiger partial charge in [-0.15, -0.1) is 0 Å². The number of carboxylic acid groups (broad SMARTS) is 1. The van der Waals surface area contributed by atoms with Gasteiger partial charge >= 0.3 is 5.97 Å². The Balaban J connectivity index is 2.14. The molecule has 0 unspecified atom stereocenters. The molecule has 7 heteroatoms. The monoisotopic (exact) mass is 330 g/mol. The van der Waals surface area contributed by atoms with E-state index in [4.69, 9.17) is 5.26 Å². The zero-order valence-corrected chi connectivity index (χ0v) is 12.3. The number of carbonyl (C=O) groups is 2. The predicted octanol–water partition coefficient (Wildman–Crippen LogP) is 2.26. The molecule has 122 valence electrons. The molecule has 0 radical (unpaired) electrons. The van der Waals surface area contributed by atoms with Crippen molar-refractivity contribution in [1.29, 1.82) is 5.26 Å². The Hall–Kier alpha value is -3.27. The highest BCUT2D eigenvalue weighted by Crippen LogP contribution is 2.11.